The number of rotatable bonds is 1. The van der Waals surface area contributed by atoms with Crippen LogP contribution in [0.3, 0.4) is 0 Å². The highest BCUT2D eigenvalue weighted by molar-refractivity contribution is 6.33. The van der Waals surface area contributed by atoms with Gasteiger partial charge in [-0.1, -0.05) is 18.0 Å². The largest absolute Gasteiger partial charge is 0.307 e. The third kappa shape index (κ3) is 1.60. The molecule has 1 aliphatic heterocycles. The molecule has 1 N–H and O–H groups in total. The Hall–Kier alpha value is -1.06. The summed E-state index contributed by atoms with van der Waals surface area (Å²) < 4.78 is 2.09. The maximum Gasteiger partial charge on any atom is 0.130 e. The van der Waals surface area contributed by atoms with Crippen molar-refractivity contribution in [2.75, 3.05) is 6.54 Å². The van der Waals surface area contributed by atoms with Gasteiger partial charge < -0.3 is 9.72 Å². The second-order valence-corrected chi connectivity index (χ2v) is 4.64. The zero-order valence-corrected chi connectivity index (χ0v) is 9.74. The number of pyridine rings is 1. The minimum absolute atomic E-state index is 0.370. The van der Waals surface area contributed by atoms with Crippen molar-refractivity contribution in [3.8, 4) is 0 Å². The highest BCUT2D eigenvalue weighted by atomic mass is 35.5. The van der Waals surface area contributed by atoms with Gasteiger partial charge >= 0.3 is 0 Å². The number of piperidine rings is 1. The first-order valence-electron chi connectivity index (χ1n) is 5.71. The molecule has 0 aliphatic carbocycles. The molecule has 0 aromatic carbocycles. The van der Waals surface area contributed by atoms with Gasteiger partial charge in [-0.25, -0.2) is 4.98 Å². The maximum absolute atomic E-state index is 6.13. The number of nitrogens with one attached hydrogen (secondary N) is 1. The molecular weight excluding hydrogens is 222 g/mol. The predicted octanol–water partition coefficient (Wildman–Crippen LogP) is 2.80. The van der Waals surface area contributed by atoms with Crippen LogP contribution >= 0.6 is 11.6 Å². The summed E-state index contributed by atoms with van der Waals surface area (Å²) >= 11 is 6.13. The van der Waals surface area contributed by atoms with Crippen molar-refractivity contribution in [2.24, 2.45) is 0 Å². The van der Waals surface area contributed by atoms with Crippen molar-refractivity contribution < 1.29 is 0 Å². The van der Waals surface area contributed by atoms with Gasteiger partial charge in [0.1, 0.15) is 5.82 Å². The molecule has 1 fully saturated rings. The van der Waals surface area contributed by atoms with Crippen LogP contribution in [-0.4, -0.2) is 15.9 Å². The van der Waals surface area contributed by atoms with E-state index in [4.69, 9.17) is 11.6 Å². The van der Waals surface area contributed by atoms with Gasteiger partial charge in [-0.15, -0.1) is 0 Å². The van der Waals surface area contributed by atoms with E-state index in [2.05, 4.69) is 14.7 Å². The first-order chi connectivity index (χ1) is 7.86. The van der Waals surface area contributed by atoms with Gasteiger partial charge in [-0.3, -0.25) is 0 Å². The molecular formula is C12H14ClN3. The summed E-state index contributed by atoms with van der Waals surface area (Å²) in [5, 5.41) is 4.27. The molecule has 2 aromatic heterocycles. The maximum atomic E-state index is 6.13. The normalized spacial score (nSPS) is 21.4. The fourth-order valence-electron chi connectivity index (χ4n) is 2.34. The Balaban J connectivity index is 2.06. The van der Waals surface area contributed by atoms with Crippen LogP contribution in [0.5, 0.6) is 0 Å². The Morgan fingerprint density at radius 2 is 2.38 bits per heavy atom. The number of hydrogen-bond acceptors (Lipinski definition) is 2. The second-order valence-electron chi connectivity index (χ2n) is 4.23. The van der Waals surface area contributed by atoms with E-state index in [-0.39, 0.29) is 0 Å². The molecule has 1 saturated heterocycles. The molecule has 0 radical (unpaired) electrons. The van der Waals surface area contributed by atoms with Crippen molar-refractivity contribution in [3.05, 3.63) is 35.4 Å². The van der Waals surface area contributed by atoms with Crippen LogP contribution in [0.4, 0.5) is 0 Å². The molecule has 1 atom stereocenters. The number of aromatic nitrogens is 2. The number of nitrogens with zero attached hydrogens (tertiary/aromatic N) is 2. The van der Waals surface area contributed by atoms with Gasteiger partial charge in [-0.2, -0.15) is 0 Å². The van der Waals surface area contributed by atoms with E-state index in [1.807, 2.05) is 24.5 Å². The van der Waals surface area contributed by atoms with E-state index >= 15 is 0 Å². The predicted molar refractivity (Wildman–Crippen MR) is 64.8 cm³/mol. The Morgan fingerprint density at radius 1 is 1.44 bits per heavy atom. The molecule has 16 heavy (non-hydrogen) atoms. The van der Waals surface area contributed by atoms with Crippen molar-refractivity contribution in [1.29, 1.82) is 0 Å². The van der Waals surface area contributed by atoms with Gasteiger partial charge in [0.2, 0.25) is 0 Å². The van der Waals surface area contributed by atoms with Crippen molar-refractivity contribution in [1.82, 2.24) is 14.7 Å². The molecule has 1 unspecified atom stereocenters. The van der Waals surface area contributed by atoms with E-state index in [1.165, 1.54) is 12.8 Å². The van der Waals surface area contributed by atoms with Crippen LogP contribution in [0.15, 0.2) is 24.5 Å². The molecule has 4 heteroatoms. The van der Waals surface area contributed by atoms with Crippen LogP contribution in [-0.2, 0) is 0 Å². The summed E-state index contributed by atoms with van der Waals surface area (Å²) in [6.07, 6.45) is 7.58. The minimum atomic E-state index is 0.370. The van der Waals surface area contributed by atoms with Gasteiger partial charge in [0.25, 0.3) is 0 Å². The Labute approximate surface area is 99.4 Å². The molecule has 3 heterocycles. The van der Waals surface area contributed by atoms with Crippen LogP contribution in [0.1, 0.15) is 31.1 Å². The third-order valence-electron chi connectivity index (χ3n) is 3.17. The van der Waals surface area contributed by atoms with Gasteiger partial charge in [0.05, 0.1) is 22.8 Å². The molecule has 1 aliphatic rings. The number of imidazole rings is 1. The lowest BCUT2D eigenvalue weighted by molar-refractivity contribution is 0.396. The SMILES string of the molecule is Clc1cccn2c(C3CCCCN3)ncc12. The fourth-order valence-corrected chi connectivity index (χ4v) is 2.55. The fraction of sp³-hybridized carbons (Fsp3) is 0.417. The lowest BCUT2D eigenvalue weighted by atomic mass is 10.0. The lowest BCUT2D eigenvalue weighted by Gasteiger charge is -2.22. The number of hydrogen-bond donors (Lipinski definition) is 1. The van der Waals surface area contributed by atoms with E-state index in [9.17, 15) is 0 Å². The molecule has 3 rings (SSSR count). The highest BCUT2D eigenvalue weighted by Crippen LogP contribution is 2.25. The topological polar surface area (TPSA) is 29.3 Å². The van der Waals surface area contributed by atoms with E-state index < -0.39 is 0 Å². The van der Waals surface area contributed by atoms with Crippen LogP contribution in [0.2, 0.25) is 5.02 Å². The summed E-state index contributed by atoms with van der Waals surface area (Å²) in [4.78, 5) is 4.50. The van der Waals surface area contributed by atoms with Crippen LogP contribution in [0, 0.1) is 0 Å². The molecule has 0 saturated carbocycles. The van der Waals surface area contributed by atoms with Crippen molar-refractivity contribution in [3.63, 3.8) is 0 Å². The monoisotopic (exact) mass is 235 g/mol. The molecule has 0 amide bonds. The van der Waals surface area contributed by atoms with E-state index in [0.29, 0.717) is 6.04 Å². The zero-order chi connectivity index (χ0) is 11.0. The van der Waals surface area contributed by atoms with Crippen molar-refractivity contribution >= 4 is 17.1 Å². The average Bonchev–Trinajstić information content (AvgIpc) is 2.75. The number of halogens is 1. The summed E-state index contributed by atoms with van der Waals surface area (Å²) in [5.74, 6) is 1.08. The minimum Gasteiger partial charge on any atom is -0.307 e. The average molecular weight is 236 g/mol. The molecule has 3 nitrogen and oxygen atoms in total. The Morgan fingerprint density at radius 3 is 3.19 bits per heavy atom. The first-order valence-corrected chi connectivity index (χ1v) is 6.09. The number of fused-ring (bicyclic) bond motifs is 1. The first kappa shape index (κ1) is 10.1. The standard InChI is InChI=1S/C12H14ClN3/c13-9-4-3-7-16-11(9)8-15-12(16)10-5-1-2-6-14-10/h3-4,7-8,10,14H,1-2,5-6H2. The quantitative estimate of drug-likeness (QED) is 0.824. The van der Waals surface area contributed by atoms with Gasteiger partial charge in [0, 0.05) is 6.20 Å². The zero-order valence-electron chi connectivity index (χ0n) is 8.99. The third-order valence-corrected chi connectivity index (χ3v) is 3.49. The molecule has 0 bridgehead atoms. The summed E-state index contributed by atoms with van der Waals surface area (Å²) in [5.41, 5.74) is 0.992. The smallest absolute Gasteiger partial charge is 0.130 e. The second kappa shape index (κ2) is 4.07. The van der Waals surface area contributed by atoms with Crippen molar-refractivity contribution in [2.45, 2.75) is 25.3 Å². The van der Waals surface area contributed by atoms with Crippen LogP contribution in [0.25, 0.3) is 5.52 Å². The van der Waals surface area contributed by atoms with E-state index in [0.717, 1.165) is 29.3 Å². The highest BCUT2D eigenvalue weighted by Gasteiger charge is 2.19. The molecule has 0 spiro atoms. The molecule has 84 valence electrons. The summed E-state index contributed by atoms with van der Waals surface area (Å²) in [6, 6.07) is 4.23. The lowest BCUT2D eigenvalue weighted by Crippen LogP contribution is -2.28. The summed E-state index contributed by atoms with van der Waals surface area (Å²) in [7, 11) is 0. The Bertz CT molecular complexity index is 500. The van der Waals surface area contributed by atoms with Gasteiger partial charge in [0.15, 0.2) is 0 Å². The van der Waals surface area contributed by atoms with Crippen LogP contribution < -0.4 is 5.32 Å². The van der Waals surface area contributed by atoms with Gasteiger partial charge in [-0.05, 0) is 31.5 Å². The summed E-state index contributed by atoms with van der Waals surface area (Å²) in [6.45, 7) is 1.08. The molecule has 2 aromatic rings. The Kier molecular flexibility index (Phi) is 2.58. The van der Waals surface area contributed by atoms with E-state index in [1.54, 1.807) is 0 Å².